The van der Waals surface area contributed by atoms with E-state index in [0.29, 0.717) is 18.2 Å². The van der Waals surface area contributed by atoms with Crippen LogP contribution in [0.5, 0.6) is 0 Å². The van der Waals surface area contributed by atoms with Crippen LogP contribution in [-0.4, -0.2) is 31.1 Å². The van der Waals surface area contributed by atoms with E-state index in [1.165, 1.54) is 0 Å². The normalized spacial score (nSPS) is 38.4. The van der Waals surface area contributed by atoms with Crippen molar-refractivity contribution in [3.05, 3.63) is 0 Å². The SMILES string of the molecule is O=C1CCC2NCCOC2C1. The van der Waals surface area contributed by atoms with Gasteiger partial charge in [-0.1, -0.05) is 0 Å². The predicted molar refractivity (Wildman–Crippen MR) is 40.4 cm³/mol. The van der Waals surface area contributed by atoms with Crippen LogP contribution in [0.2, 0.25) is 0 Å². The molecule has 0 spiro atoms. The zero-order chi connectivity index (χ0) is 7.68. The molecule has 0 aromatic rings. The van der Waals surface area contributed by atoms with Crippen molar-refractivity contribution in [3.63, 3.8) is 0 Å². The minimum atomic E-state index is 0.171. The molecule has 0 amide bonds. The Kier molecular flexibility index (Phi) is 1.92. The molecule has 0 bridgehead atoms. The van der Waals surface area contributed by atoms with Crippen LogP contribution in [0.25, 0.3) is 0 Å². The van der Waals surface area contributed by atoms with Gasteiger partial charge in [0.2, 0.25) is 0 Å². The van der Waals surface area contributed by atoms with Gasteiger partial charge in [-0.2, -0.15) is 0 Å². The van der Waals surface area contributed by atoms with E-state index in [4.69, 9.17) is 4.74 Å². The van der Waals surface area contributed by atoms with Gasteiger partial charge < -0.3 is 10.1 Å². The van der Waals surface area contributed by atoms with Crippen LogP contribution in [0.1, 0.15) is 19.3 Å². The average molecular weight is 155 g/mol. The molecule has 2 unspecified atom stereocenters. The van der Waals surface area contributed by atoms with Gasteiger partial charge in [-0.05, 0) is 6.42 Å². The highest BCUT2D eigenvalue weighted by Crippen LogP contribution is 2.20. The van der Waals surface area contributed by atoms with Crippen molar-refractivity contribution < 1.29 is 9.53 Å². The third kappa shape index (κ3) is 1.44. The number of Topliss-reactive ketones (excluding diaryl/α,β-unsaturated/α-hetero) is 1. The van der Waals surface area contributed by atoms with Gasteiger partial charge in [-0.25, -0.2) is 0 Å². The summed E-state index contributed by atoms with van der Waals surface area (Å²) in [7, 11) is 0. The van der Waals surface area contributed by atoms with Crippen molar-refractivity contribution in [1.29, 1.82) is 0 Å². The third-order valence-electron chi connectivity index (χ3n) is 2.45. The van der Waals surface area contributed by atoms with Crippen molar-refractivity contribution >= 4 is 5.78 Å². The van der Waals surface area contributed by atoms with Gasteiger partial charge in [0.25, 0.3) is 0 Å². The summed E-state index contributed by atoms with van der Waals surface area (Å²) in [4.78, 5) is 11.0. The highest BCUT2D eigenvalue weighted by atomic mass is 16.5. The molecule has 1 aliphatic heterocycles. The fourth-order valence-corrected chi connectivity index (χ4v) is 1.83. The Bertz CT molecular complexity index is 169. The van der Waals surface area contributed by atoms with E-state index in [9.17, 15) is 4.79 Å². The molecule has 1 saturated carbocycles. The van der Waals surface area contributed by atoms with Crippen LogP contribution in [0.15, 0.2) is 0 Å². The van der Waals surface area contributed by atoms with E-state index in [-0.39, 0.29) is 6.10 Å². The molecule has 3 nitrogen and oxygen atoms in total. The maximum atomic E-state index is 11.0. The number of hydrogen-bond donors (Lipinski definition) is 1. The minimum absolute atomic E-state index is 0.171. The summed E-state index contributed by atoms with van der Waals surface area (Å²) in [6.45, 7) is 1.70. The molecular formula is C8H13NO2. The maximum absolute atomic E-state index is 11.0. The van der Waals surface area contributed by atoms with Gasteiger partial charge in [0, 0.05) is 25.4 Å². The summed E-state index contributed by atoms with van der Waals surface area (Å²) in [6.07, 6.45) is 2.49. The lowest BCUT2D eigenvalue weighted by molar-refractivity contribution is -0.127. The van der Waals surface area contributed by atoms with Crippen LogP contribution in [0.3, 0.4) is 0 Å². The highest BCUT2D eigenvalue weighted by molar-refractivity contribution is 5.80. The zero-order valence-electron chi connectivity index (χ0n) is 6.51. The molecule has 1 saturated heterocycles. The number of hydrogen-bond acceptors (Lipinski definition) is 3. The predicted octanol–water partition coefficient (Wildman–Crippen LogP) is 0.0964. The molecule has 62 valence electrons. The Balaban J connectivity index is 1.98. The number of ketones is 1. The fourth-order valence-electron chi connectivity index (χ4n) is 1.83. The number of carbonyl (C=O) groups is 1. The fraction of sp³-hybridized carbons (Fsp3) is 0.875. The second-order valence-corrected chi connectivity index (χ2v) is 3.25. The first kappa shape index (κ1) is 7.25. The molecule has 2 aliphatic rings. The Morgan fingerprint density at radius 1 is 1.55 bits per heavy atom. The minimum Gasteiger partial charge on any atom is -0.375 e. The smallest absolute Gasteiger partial charge is 0.135 e. The first-order valence-electron chi connectivity index (χ1n) is 4.23. The molecule has 1 aliphatic carbocycles. The highest BCUT2D eigenvalue weighted by Gasteiger charge is 2.31. The first-order valence-corrected chi connectivity index (χ1v) is 4.23. The van der Waals surface area contributed by atoms with E-state index in [1.807, 2.05) is 0 Å². The van der Waals surface area contributed by atoms with E-state index in [2.05, 4.69) is 5.32 Å². The monoisotopic (exact) mass is 155 g/mol. The molecule has 2 rings (SSSR count). The van der Waals surface area contributed by atoms with E-state index in [0.717, 1.165) is 26.0 Å². The van der Waals surface area contributed by atoms with Crippen molar-refractivity contribution in [2.75, 3.05) is 13.2 Å². The van der Waals surface area contributed by atoms with Gasteiger partial charge in [-0.3, -0.25) is 4.79 Å². The van der Waals surface area contributed by atoms with Gasteiger partial charge in [0.05, 0.1) is 12.7 Å². The maximum Gasteiger partial charge on any atom is 0.135 e. The van der Waals surface area contributed by atoms with Crippen molar-refractivity contribution in [2.24, 2.45) is 0 Å². The summed E-state index contributed by atoms with van der Waals surface area (Å²) >= 11 is 0. The summed E-state index contributed by atoms with van der Waals surface area (Å²) in [5, 5.41) is 3.36. The van der Waals surface area contributed by atoms with Gasteiger partial charge in [-0.15, -0.1) is 0 Å². The number of ether oxygens (including phenoxy) is 1. The third-order valence-corrected chi connectivity index (χ3v) is 2.45. The lowest BCUT2D eigenvalue weighted by Gasteiger charge is -2.35. The zero-order valence-corrected chi connectivity index (χ0v) is 6.51. The van der Waals surface area contributed by atoms with Crippen LogP contribution < -0.4 is 5.32 Å². The van der Waals surface area contributed by atoms with Crippen molar-refractivity contribution in [3.8, 4) is 0 Å². The molecule has 0 aromatic heterocycles. The molecule has 2 atom stereocenters. The topological polar surface area (TPSA) is 38.3 Å². The summed E-state index contributed by atoms with van der Waals surface area (Å²) in [5.74, 6) is 0.356. The van der Waals surface area contributed by atoms with Gasteiger partial charge in [0.1, 0.15) is 5.78 Å². The number of rotatable bonds is 0. The molecule has 2 fully saturated rings. The van der Waals surface area contributed by atoms with Crippen LogP contribution in [-0.2, 0) is 9.53 Å². The Morgan fingerprint density at radius 3 is 3.36 bits per heavy atom. The Labute approximate surface area is 66.1 Å². The standard InChI is InChI=1S/C8H13NO2/c10-6-1-2-7-8(5-6)11-4-3-9-7/h7-9H,1-5H2. The molecule has 1 N–H and O–H groups in total. The lowest BCUT2D eigenvalue weighted by atomic mass is 9.90. The number of fused-ring (bicyclic) bond motifs is 1. The molecule has 1 heterocycles. The molecular weight excluding hydrogens is 142 g/mol. The Morgan fingerprint density at radius 2 is 2.45 bits per heavy atom. The lowest BCUT2D eigenvalue weighted by Crippen LogP contribution is -2.51. The summed E-state index contributed by atoms with van der Waals surface area (Å²) in [5.41, 5.74) is 0. The molecule has 11 heavy (non-hydrogen) atoms. The van der Waals surface area contributed by atoms with Crippen molar-refractivity contribution in [1.82, 2.24) is 5.32 Å². The number of nitrogens with one attached hydrogen (secondary N) is 1. The average Bonchev–Trinajstić information content (AvgIpc) is 2.04. The first-order chi connectivity index (χ1) is 5.36. The second-order valence-electron chi connectivity index (χ2n) is 3.25. The van der Waals surface area contributed by atoms with Crippen molar-refractivity contribution in [2.45, 2.75) is 31.4 Å². The van der Waals surface area contributed by atoms with E-state index < -0.39 is 0 Å². The Hall–Kier alpha value is -0.410. The van der Waals surface area contributed by atoms with Gasteiger partial charge >= 0.3 is 0 Å². The van der Waals surface area contributed by atoms with Crippen LogP contribution >= 0.6 is 0 Å². The number of carbonyl (C=O) groups excluding carboxylic acids is 1. The second kappa shape index (κ2) is 2.91. The van der Waals surface area contributed by atoms with Crippen LogP contribution in [0, 0.1) is 0 Å². The number of morpholine rings is 1. The van der Waals surface area contributed by atoms with E-state index in [1.54, 1.807) is 0 Å². The quantitative estimate of drug-likeness (QED) is 0.539. The van der Waals surface area contributed by atoms with E-state index >= 15 is 0 Å². The molecule has 0 aromatic carbocycles. The van der Waals surface area contributed by atoms with Crippen LogP contribution in [0.4, 0.5) is 0 Å². The summed E-state index contributed by atoms with van der Waals surface area (Å²) < 4.78 is 5.47. The largest absolute Gasteiger partial charge is 0.375 e. The summed E-state index contributed by atoms with van der Waals surface area (Å²) in [6, 6.07) is 0.446. The molecule has 3 heteroatoms. The van der Waals surface area contributed by atoms with Gasteiger partial charge in [0.15, 0.2) is 0 Å². The molecule has 0 radical (unpaired) electrons.